The zero-order valence-electron chi connectivity index (χ0n) is 9.10. The van der Waals surface area contributed by atoms with E-state index in [9.17, 15) is 4.79 Å². The van der Waals surface area contributed by atoms with Crippen LogP contribution in [0.2, 0.25) is 0 Å². The first kappa shape index (κ1) is 10.8. The van der Waals surface area contributed by atoms with E-state index >= 15 is 0 Å². The molecule has 16 heavy (non-hydrogen) atoms. The van der Waals surface area contributed by atoms with E-state index in [-0.39, 0.29) is 11.7 Å². The minimum Gasteiger partial charge on any atom is -0.494 e. The quantitative estimate of drug-likeness (QED) is 0.830. The number of hydrogen-bond acceptors (Lipinski definition) is 3. The summed E-state index contributed by atoms with van der Waals surface area (Å²) in [5.41, 5.74) is 0.196. The number of rotatable bonds is 5. The molecule has 2 rings (SSSR count). The normalized spacial score (nSPS) is 14.6. The molecule has 1 aromatic rings. The molecule has 0 saturated heterocycles. The maximum atomic E-state index is 10.9. The van der Waals surface area contributed by atoms with Gasteiger partial charge in [0.25, 0.3) is 0 Å². The molecule has 0 spiro atoms. The Labute approximate surface area is 93.8 Å². The molecule has 1 N–H and O–H groups in total. The van der Waals surface area contributed by atoms with Crippen molar-refractivity contribution in [2.24, 2.45) is 0 Å². The molecule has 4 heteroatoms. The van der Waals surface area contributed by atoms with E-state index in [1.807, 2.05) is 6.92 Å². The number of benzene rings is 1. The Morgan fingerprint density at radius 1 is 1.38 bits per heavy atom. The lowest BCUT2D eigenvalue weighted by Crippen LogP contribution is -2.02. The van der Waals surface area contributed by atoms with Gasteiger partial charge in [-0.05, 0) is 31.9 Å². The summed E-state index contributed by atoms with van der Waals surface area (Å²) >= 11 is 0. The highest BCUT2D eigenvalue weighted by atomic mass is 16.5. The number of carboxylic acid groups (broad SMARTS) is 1. The predicted molar refractivity (Wildman–Crippen MR) is 58.2 cm³/mol. The van der Waals surface area contributed by atoms with E-state index in [4.69, 9.17) is 14.6 Å². The fourth-order valence-electron chi connectivity index (χ4n) is 1.39. The van der Waals surface area contributed by atoms with Crippen molar-refractivity contribution in [2.45, 2.75) is 25.9 Å². The fourth-order valence-corrected chi connectivity index (χ4v) is 1.39. The summed E-state index contributed by atoms with van der Waals surface area (Å²) in [7, 11) is 0. The van der Waals surface area contributed by atoms with Gasteiger partial charge >= 0.3 is 5.97 Å². The van der Waals surface area contributed by atoms with Crippen LogP contribution in [-0.2, 0) is 0 Å². The summed E-state index contributed by atoms with van der Waals surface area (Å²) in [6.45, 7) is 2.36. The Kier molecular flexibility index (Phi) is 2.99. The van der Waals surface area contributed by atoms with Gasteiger partial charge in [-0.15, -0.1) is 0 Å². The average molecular weight is 222 g/mol. The monoisotopic (exact) mass is 222 g/mol. The zero-order valence-corrected chi connectivity index (χ0v) is 9.10. The van der Waals surface area contributed by atoms with Crippen molar-refractivity contribution in [3.8, 4) is 11.5 Å². The molecule has 0 bridgehead atoms. The van der Waals surface area contributed by atoms with Crippen LogP contribution >= 0.6 is 0 Å². The van der Waals surface area contributed by atoms with Crippen molar-refractivity contribution >= 4 is 5.97 Å². The minimum atomic E-state index is -0.970. The minimum absolute atomic E-state index is 0.196. The summed E-state index contributed by atoms with van der Waals surface area (Å²) in [6.07, 6.45) is 2.33. The van der Waals surface area contributed by atoms with Gasteiger partial charge in [0.05, 0.1) is 18.3 Å². The second-order valence-corrected chi connectivity index (χ2v) is 3.75. The van der Waals surface area contributed by atoms with Gasteiger partial charge in [-0.25, -0.2) is 4.79 Å². The maximum Gasteiger partial charge on any atom is 0.335 e. The number of ether oxygens (including phenoxy) is 2. The third-order valence-corrected chi connectivity index (χ3v) is 2.27. The number of carboxylic acids is 1. The molecule has 1 aromatic carbocycles. The molecule has 86 valence electrons. The van der Waals surface area contributed by atoms with Crippen molar-refractivity contribution in [2.75, 3.05) is 6.61 Å². The largest absolute Gasteiger partial charge is 0.494 e. The Morgan fingerprint density at radius 3 is 2.62 bits per heavy atom. The molecule has 0 amide bonds. The van der Waals surface area contributed by atoms with Crippen LogP contribution in [0.4, 0.5) is 0 Å². The molecule has 0 heterocycles. The predicted octanol–water partition coefficient (Wildman–Crippen LogP) is 2.32. The fraction of sp³-hybridized carbons (Fsp3) is 0.417. The van der Waals surface area contributed by atoms with E-state index in [2.05, 4.69) is 0 Å². The molecule has 1 saturated carbocycles. The molecule has 4 nitrogen and oxygen atoms in total. The van der Waals surface area contributed by atoms with Crippen molar-refractivity contribution in [1.82, 2.24) is 0 Å². The second kappa shape index (κ2) is 4.43. The molecular formula is C12H14O4. The van der Waals surface area contributed by atoms with E-state index < -0.39 is 5.97 Å². The van der Waals surface area contributed by atoms with Gasteiger partial charge in [0, 0.05) is 6.07 Å². The van der Waals surface area contributed by atoms with E-state index in [1.54, 1.807) is 6.07 Å². The van der Waals surface area contributed by atoms with Gasteiger partial charge < -0.3 is 14.6 Å². The summed E-state index contributed by atoms with van der Waals surface area (Å²) in [4.78, 5) is 10.9. The molecule has 0 atom stereocenters. The van der Waals surface area contributed by atoms with Crippen LogP contribution in [0.5, 0.6) is 11.5 Å². The van der Waals surface area contributed by atoms with Gasteiger partial charge in [0.2, 0.25) is 0 Å². The van der Waals surface area contributed by atoms with E-state index in [0.29, 0.717) is 18.1 Å². The summed E-state index contributed by atoms with van der Waals surface area (Å²) in [5, 5.41) is 8.94. The Hall–Kier alpha value is -1.71. The number of hydrogen-bond donors (Lipinski definition) is 1. The van der Waals surface area contributed by atoms with Crippen LogP contribution in [0.15, 0.2) is 18.2 Å². The number of aromatic carboxylic acids is 1. The molecule has 0 unspecified atom stereocenters. The third-order valence-electron chi connectivity index (χ3n) is 2.27. The lowest BCUT2D eigenvalue weighted by molar-refractivity contribution is 0.0695. The van der Waals surface area contributed by atoms with Gasteiger partial charge in [-0.1, -0.05) is 0 Å². The molecule has 0 radical (unpaired) electrons. The van der Waals surface area contributed by atoms with Gasteiger partial charge in [-0.2, -0.15) is 0 Å². The first-order valence-corrected chi connectivity index (χ1v) is 5.37. The van der Waals surface area contributed by atoms with E-state index in [0.717, 1.165) is 12.8 Å². The summed E-state index contributed by atoms with van der Waals surface area (Å²) in [5.74, 6) is 0.145. The summed E-state index contributed by atoms with van der Waals surface area (Å²) < 4.78 is 10.9. The van der Waals surface area contributed by atoms with Crippen LogP contribution in [-0.4, -0.2) is 23.8 Å². The highest BCUT2D eigenvalue weighted by Crippen LogP contribution is 2.30. The second-order valence-electron chi connectivity index (χ2n) is 3.75. The first-order chi connectivity index (χ1) is 7.69. The van der Waals surface area contributed by atoms with Crippen molar-refractivity contribution in [3.63, 3.8) is 0 Å². The smallest absolute Gasteiger partial charge is 0.335 e. The summed E-state index contributed by atoms with van der Waals surface area (Å²) in [6, 6.07) is 4.77. The standard InChI is InChI=1S/C12H14O4/c1-2-15-10-5-8(12(13)14)6-11(7-10)16-9-3-4-9/h5-7,9H,2-4H2,1H3,(H,13,14). The van der Waals surface area contributed by atoms with Crippen molar-refractivity contribution in [1.29, 1.82) is 0 Å². The highest BCUT2D eigenvalue weighted by Gasteiger charge is 2.24. The van der Waals surface area contributed by atoms with Crippen LogP contribution < -0.4 is 9.47 Å². The van der Waals surface area contributed by atoms with Crippen LogP contribution in [0.3, 0.4) is 0 Å². The van der Waals surface area contributed by atoms with Crippen LogP contribution in [0.1, 0.15) is 30.1 Å². The maximum absolute atomic E-state index is 10.9. The SMILES string of the molecule is CCOc1cc(OC2CC2)cc(C(=O)O)c1. The van der Waals surface area contributed by atoms with Crippen molar-refractivity contribution < 1.29 is 19.4 Å². The Bertz CT molecular complexity index is 396. The Morgan fingerprint density at radius 2 is 2.06 bits per heavy atom. The molecule has 1 aliphatic carbocycles. The van der Waals surface area contributed by atoms with Gasteiger partial charge in [0.15, 0.2) is 0 Å². The van der Waals surface area contributed by atoms with E-state index in [1.165, 1.54) is 12.1 Å². The lowest BCUT2D eigenvalue weighted by Gasteiger charge is -2.09. The van der Waals surface area contributed by atoms with Crippen LogP contribution in [0.25, 0.3) is 0 Å². The molecule has 1 fully saturated rings. The van der Waals surface area contributed by atoms with Crippen LogP contribution in [0, 0.1) is 0 Å². The zero-order chi connectivity index (χ0) is 11.5. The first-order valence-electron chi connectivity index (χ1n) is 5.37. The molecule has 0 aliphatic heterocycles. The Balaban J connectivity index is 2.23. The van der Waals surface area contributed by atoms with Crippen molar-refractivity contribution in [3.05, 3.63) is 23.8 Å². The highest BCUT2D eigenvalue weighted by molar-refractivity contribution is 5.88. The molecule has 1 aliphatic rings. The lowest BCUT2D eigenvalue weighted by atomic mass is 10.2. The average Bonchev–Trinajstić information content (AvgIpc) is 3.01. The van der Waals surface area contributed by atoms with Gasteiger partial charge in [0.1, 0.15) is 11.5 Å². The molecule has 0 aromatic heterocycles. The number of carbonyl (C=O) groups is 1. The third kappa shape index (κ3) is 2.66. The molecular weight excluding hydrogens is 208 g/mol. The topological polar surface area (TPSA) is 55.8 Å². The van der Waals surface area contributed by atoms with Gasteiger partial charge in [-0.3, -0.25) is 0 Å².